The van der Waals surface area contributed by atoms with Gasteiger partial charge in [-0.05, 0) is 51.2 Å². The summed E-state index contributed by atoms with van der Waals surface area (Å²) in [6.45, 7) is 6.63. The van der Waals surface area contributed by atoms with Gasteiger partial charge in [-0.3, -0.25) is 14.5 Å². The number of aromatic nitrogens is 3. The summed E-state index contributed by atoms with van der Waals surface area (Å²) in [5, 5.41) is 6.24. The number of carbonyl (C=O) groups excluding carboxylic acids is 1. The first-order chi connectivity index (χ1) is 14.5. The molecular formula is C22H30N6O2. The van der Waals surface area contributed by atoms with E-state index >= 15 is 0 Å². The lowest BCUT2D eigenvalue weighted by atomic mass is 10.1. The van der Waals surface area contributed by atoms with Crippen LogP contribution in [0.4, 0.5) is 5.69 Å². The van der Waals surface area contributed by atoms with Crippen molar-refractivity contribution in [3.05, 3.63) is 63.5 Å². The van der Waals surface area contributed by atoms with Crippen molar-refractivity contribution in [3.8, 4) is 0 Å². The minimum absolute atomic E-state index is 0.00700. The number of nitrogens with one attached hydrogen (secondary N) is 3. The predicted octanol–water partition coefficient (Wildman–Crippen LogP) is 1.84. The van der Waals surface area contributed by atoms with Crippen LogP contribution >= 0.6 is 0 Å². The molecule has 8 nitrogen and oxygen atoms in total. The van der Waals surface area contributed by atoms with Crippen LogP contribution in [0.3, 0.4) is 0 Å². The topological polar surface area (TPSA) is 94.5 Å². The average molecular weight is 411 g/mol. The van der Waals surface area contributed by atoms with E-state index in [9.17, 15) is 9.59 Å². The van der Waals surface area contributed by atoms with Crippen molar-refractivity contribution in [1.82, 2.24) is 24.6 Å². The normalized spacial score (nSPS) is 14.1. The molecule has 0 spiro atoms. The zero-order chi connectivity index (χ0) is 21.7. The van der Waals surface area contributed by atoms with Crippen LogP contribution in [0.2, 0.25) is 0 Å². The monoisotopic (exact) mass is 410 g/mol. The largest absolute Gasteiger partial charge is 0.378 e. The lowest BCUT2D eigenvalue weighted by Crippen LogP contribution is -2.54. The first-order valence-electron chi connectivity index (χ1n) is 10.2. The molecule has 0 amide bonds. The molecule has 3 aromatic rings. The standard InChI is InChI=1S/C20H23N5O2.C2H7N/c1-3-15-9-25-8-14(6-19(25)23-20(15)27)7-24-10-17(11-24)22-18-5-4-16(12-26)21-13(18)2;1-3-2/h4-6,8-9,12,17,22H,3,7,10-11H2,1-2H3,(H,23,27);3H,1-2H3. The molecule has 0 aromatic carbocycles. The first-order valence-corrected chi connectivity index (χ1v) is 10.2. The minimum Gasteiger partial charge on any atom is -0.378 e. The zero-order valence-electron chi connectivity index (χ0n) is 18.0. The van der Waals surface area contributed by atoms with Gasteiger partial charge in [0, 0.05) is 37.6 Å². The van der Waals surface area contributed by atoms with E-state index in [4.69, 9.17) is 0 Å². The summed E-state index contributed by atoms with van der Waals surface area (Å²) in [5.74, 6) is 0. The summed E-state index contributed by atoms with van der Waals surface area (Å²) >= 11 is 0. The fourth-order valence-electron chi connectivity index (χ4n) is 3.57. The molecule has 3 aromatic heterocycles. The number of likely N-dealkylation sites (tertiary alicyclic amines) is 1. The third-order valence-electron chi connectivity index (χ3n) is 5.07. The summed E-state index contributed by atoms with van der Waals surface area (Å²) in [7, 11) is 3.75. The second kappa shape index (κ2) is 9.69. The van der Waals surface area contributed by atoms with E-state index in [0.29, 0.717) is 11.7 Å². The van der Waals surface area contributed by atoms with Gasteiger partial charge in [-0.1, -0.05) is 6.92 Å². The summed E-state index contributed by atoms with van der Waals surface area (Å²) in [5.41, 5.74) is 5.08. The molecule has 1 fully saturated rings. The molecular weight excluding hydrogens is 380 g/mol. The third kappa shape index (κ3) is 4.95. The molecule has 0 unspecified atom stereocenters. The van der Waals surface area contributed by atoms with Gasteiger partial charge in [0.15, 0.2) is 6.29 Å². The Morgan fingerprint density at radius 2 is 2.00 bits per heavy atom. The molecule has 0 radical (unpaired) electrons. The second-order valence-electron chi connectivity index (χ2n) is 7.63. The van der Waals surface area contributed by atoms with Crippen LogP contribution in [-0.2, 0) is 13.0 Å². The molecule has 30 heavy (non-hydrogen) atoms. The number of hydrogen-bond acceptors (Lipinski definition) is 6. The molecule has 8 heteroatoms. The lowest BCUT2D eigenvalue weighted by Gasteiger charge is -2.40. The summed E-state index contributed by atoms with van der Waals surface area (Å²) in [6.07, 6.45) is 5.48. The first kappa shape index (κ1) is 21.7. The number of H-pyrrole nitrogens is 1. The predicted molar refractivity (Wildman–Crippen MR) is 119 cm³/mol. The van der Waals surface area contributed by atoms with E-state index in [1.54, 1.807) is 6.07 Å². The van der Waals surface area contributed by atoms with Gasteiger partial charge in [0.05, 0.1) is 17.4 Å². The summed E-state index contributed by atoms with van der Waals surface area (Å²) < 4.78 is 1.99. The van der Waals surface area contributed by atoms with Crippen molar-refractivity contribution >= 4 is 17.6 Å². The zero-order valence-corrected chi connectivity index (χ0v) is 18.0. The lowest BCUT2D eigenvalue weighted by molar-refractivity contribution is 0.111. The van der Waals surface area contributed by atoms with Crippen molar-refractivity contribution in [1.29, 1.82) is 0 Å². The van der Waals surface area contributed by atoms with Crippen LogP contribution in [0.15, 0.2) is 35.4 Å². The van der Waals surface area contributed by atoms with Crippen LogP contribution < -0.4 is 16.2 Å². The van der Waals surface area contributed by atoms with E-state index in [-0.39, 0.29) is 5.56 Å². The Hall–Kier alpha value is -2.97. The number of rotatable bonds is 6. The van der Waals surface area contributed by atoms with Crippen molar-refractivity contribution < 1.29 is 4.79 Å². The highest BCUT2D eigenvalue weighted by Crippen LogP contribution is 2.20. The Labute approximate surface area is 176 Å². The van der Waals surface area contributed by atoms with Gasteiger partial charge in [0.25, 0.3) is 5.56 Å². The maximum absolute atomic E-state index is 11.9. The van der Waals surface area contributed by atoms with Gasteiger partial charge >= 0.3 is 0 Å². The van der Waals surface area contributed by atoms with E-state index in [2.05, 4.69) is 31.7 Å². The number of fused-ring (bicyclic) bond motifs is 1. The fraction of sp³-hybridized carbons (Fsp3) is 0.409. The van der Waals surface area contributed by atoms with Crippen molar-refractivity contribution in [3.63, 3.8) is 0 Å². The van der Waals surface area contributed by atoms with Crippen LogP contribution in [0, 0.1) is 6.92 Å². The number of aldehydes is 1. The highest BCUT2D eigenvalue weighted by atomic mass is 16.1. The number of carbonyl (C=O) groups is 1. The molecule has 160 valence electrons. The van der Waals surface area contributed by atoms with E-state index in [1.165, 1.54) is 5.56 Å². The van der Waals surface area contributed by atoms with Gasteiger partial charge < -0.3 is 20.0 Å². The molecule has 4 rings (SSSR count). The van der Waals surface area contributed by atoms with Crippen LogP contribution in [0.1, 0.15) is 34.2 Å². The van der Waals surface area contributed by atoms with E-state index in [1.807, 2.05) is 50.7 Å². The van der Waals surface area contributed by atoms with E-state index in [0.717, 1.165) is 54.9 Å². The summed E-state index contributed by atoms with van der Waals surface area (Å²) in [6, 6.07) is 6.05. The number of anilines is 1. The summed E-state index contributed by atoms with van der Waals surface area (Å²) in [4.78, 5) is 32.3. The Balaban J connectivity index is 0.000000806. The smallest absolute Gasteiger partial charge is 0.254 e. The Morgan fingerprint density at radius 1 is 1.27 bits per heavy atom. The highest BCUT2D eigenvalue weighted by Gasteiger charge is 2.27. The maximum Gasteiger partial charge on any atom is 0.254 e. The SMILES string of the molecule is CCc1cn2cc(CN3CC(Nc4ccc(C=O)nc4C)C3)cc2[nH]c1=O.CNC. The molecule has 0 saturated carbocycles. The molecule has 1 aliphatic rings. The number of nitrogens with zero attached hydrogens (tertiary/aromatic N) is 3. The highest BCUT2D eigenvalue weighted by molar-refractivity contribution is 5.73. The second-order valence-corrected chi connectivity index (χ2v) is 7.63. The maximum atomic E-state index is 11.9. The fourth-order valence-corrected chi connectivity index (χ4v) is 3.57. The quantitative estimate of drug-likeness (QED) is 0.537. The molecule has 1 saturated heterocycles. The van der Waals surface area contributed by atoms with Gasteiger partial charge in [-0.2, -0.15) is 0 Å². The van der Waals surface area contributed by atoms with Gasteiger partial charge in [0.2, 0.25) is 0 Å². The molecule has 0 aliphatic carbocycles. The van der Waals surface area contributed by atoms with E-state index < -0.39 is 0 Å². The number of hydrogen-bond donors (Lipinski definition) is 3. The van der Waals surface area contributed by atoms with Crippen LogP contribution in [0.25, 0.3) is 5.65 Å². The Morgan fingerprint density at radius 3 is 2.63 bits per heavy atom. The van der Waals surface area contributed by atoms with Gasteiger partial charge in [0.1, 0.15) is 11.3 Å². The molecule has 3 N–H and O–H groups in total. The van der Waals surface area contributed by atoms with Gasteiger partial charge in [-0.25, -0.2) is 4.98 Å². The molecule has 0 bridgehead atoms. The number of aromatic amines is 1. The minimum atomic E-state index is -0.00700. The molecule has 0 atom stereocenters. The van der Waals surface area contributed by atoms with Crippen molar-refractivity contribution in [2.45, 2.75) is 32.9 Å². The van der Waals surface area contributed by atoms with Gasteiger partial charge in [-0.15, -0.1) is 0 Å². The van der Waals surface area contributed by atoms with Crippen LogP contribution in [0.5, 0.6) is 0 Å². The Kier molecular flexibility index (Phi) is 7.02. The van der Waals surface area contributed by atoms with Crippen molar-refractivity contribution in [2.24, 2.45) is 0 Å². The van der Waals surface area contributed by atoms with Crippen molar-refractivity contribution in [2.75, 3.05) is 32.5 Å². The third-order valence-corrected chi connectivity index (χ3v) is 5.07. The number of aryl methyl sites for hydroxylation is 2. The molecule has 4 heterocycles. The average Bonchev–Trinajstić information content (AvgIpc) is 3.08. The molecule has 1 aliphatic heterocycles. The Bertz CT molecular complexity index is 1070. The number of pyridine rings is 1. The van der Waals surface area contributed by atoms with Crippen LogP contribution in [-0.4, -0.2) is 58.8 Å².